The number of hydrogen-bond donors (Lipinski definition) is 0. The van der Waals surface area contributed by atoms with Gasteiger partial charge in [-0.3, -0.25) is 0 Å². The molecule has 1 unspecified atom stereocenters. The van der Waals surface area contributed by atoms with E-state index in [0.717, 1.165) is 19.1 Å². The van der Waals surface area contributed by atoms with E-state index in [4.69, 9.17) is 0 Å². The number of carbonyl (C=O) groups excluding carboxylic acids is 1. The lowest BCUT2D eigenvalue weighted by Crippen LogP contribution is -2.00. The summed E-state index contributed by atoms with van der Waals surface area (Å²) in [5.41, 5.74) is 1.48. The molecule has 0 bridgehead atoms. The fourth-order valence-electron chi connectivity index (χ4n) is 1.84. The molecule has 14 heavy (non-hydrogen) atoms. The van der Waals surface area contributed by atoms with Gasteiger partial charge in [-0.1, -0.05) is 18.2 Å². The molecule has 0 fully saturated rings. The smallest absolute Gasteiger partial charge is 0.119 e. The van der Waals surface area contributed by atoms with Crippen molar-refractivity contribution in [2.24, 2.45) is 0 Å². The molecule has 1 atom stereocenters. The molecule has 1 aliphatic rings. The molecule has 1 aromatic rings. The first-order valence-electron chi connectivity index (χ1n) is 5.08. The van der Waals surface area contributed by atoms with Gasteiger partial charge >= 0.3 is 0 Å². The van der Waals surface area contributed by atoms with Gasteiger partial charge in [-0.05, 0) is 30.9 Å². The van der Waals surface area contributed by atoms with Gasteiger partial charge in [0.25, 0.3) is 0 Å². The Kier molecular flexibility index (Phi) is 3.25. The summed E-state index contributed by atoms with van der Waals surface area (Å²) in [4.78, 5) is 11.6. The van der Waals surface area contributed by atoms with Gasteiger partial charge in [-0.2, -0.15) is 0 Å². The summed E-state index contributed by atoms with van der Waals surface area (Å²) in [7, 11) is 0. The highest BCUT2D eigenvalue weighted by atomic mass is 32.2. The average molecular weight is 206 g/mol. The third-order valence-electron chi connectivity index (χ3n) is 2.56. The van der Waals surface area contributed by atoms with E-state index in [2.05, 4.69) is 24.3 Å². The maximum Gasteiger partial charge on any atom is 0.119 e. The quantitative estimate of drug-likeness (QED) is 0.556. The molecule has 0 saturated heterocycles. The van der Waals surface area contributed by atoms with Crippen molar-refractivity contribution in [3.05, 3.63) is 29.8 Å². The summed E-state index contributed by atoms with van der Waals surface area (Å²) < 4.78 is 0. The first-order chi connectivity index (χ1) is 6.90. The Hall–Kier alpha value is -0.760. The van der Waals surface area contributed by atoms with Crippen LogP contribution in [0.25, 0.3) is 0 Å². The Morgan fingerprint density at radius 3 is 3.07 bits per heavy atom. The Bertz CT molecular complexity index is 297. The molecule has 0 aliphatic carbocycles. The molecule has 0 aromatic heterocycles. The molecule has 1 aromatic carbocycles. The van der Waals surface area contributed by atoms with Crippen molar-refractivity contribution >= 4 is 18.0 Å². The van der Waals surface area contributed by atoms with Crippen molar-refractivity contribution in [1.29, 1.82) is 0 Å². The molecule has 1 heterocycles. The van der Waals surface area contributed by atoms with Gasteiger partial charge in [-0.15, -0.1) is 11.8 Å². The molecule has 74 valence electrons. The van der Waals surface area contributed by atoms with Crippen LogP contribution in [0.2, 0.25) is 0 Å². The maximum absolute atomic E-state index is 10.2. The minimum atomic E-state index is 0.701. The Morgan fingerprint density at radius 1 is 1.43 bits per heavy atom. The van der Waals surface area contributed by atoms with E-state index in [9.17, 15) is 4.79 Å². The number of unbranched alkanes of at least 4 members (excludes halogenated alkanes) is 1. The Labute approximate surface area is 88.9 Å². The standard InChI is InChI=1S/C12H14OS/c13-8-4-3-6-11-9-10-5-1-2-7-12(10)14-11/h1-2,5,7-8,11H,3-4,6,9H2. The number of rotatable bonds is 4. The normalized spacial score (nSPS) is 19.3. The average Bonchev–Trinajstić information content (AvgIpc) is 2.60. The SMILES string of the molecule is O=CCCCC1Cc2ccccc2S1. The van der Waals surface area contributed by atoms with E-state index in [1.54, 1.807) is 0 Å². The zero-order valence-corrected chi connectivity index (χ0v) is 8.93. The lowest BCUT2D eigenvalue weighted by Gasteiger charge is -2.05. The highest BCUT2D eigenvalue weighted by Crippen LogP contribution is 2.38. The largest absolute Gasteiger partial charge is 0.303 e. The van der Waals surface area contributed by atoms with Crippen molar-refractivity contribution < 1.29 is 4.79 Å². The lowest BCUT2D eigenvalue weighted by atomic mass is 10.1. The summed E-state index contributed by atoms with van der Waals surface area (Å²) >= 11 is 1.97. The van der Waals surface area contributed by atoms with Crippen LogP contribution in [-0.4, -0.2) is 11.5 Å². The summed E-state index contributed by atoms with van der Waals surface area (Å²) in [6.07, 6.45) is 5.12. The van der Waals surface area contributed by atoms with E-state index < -0.39 is 0 Å². The fourth-order valence-corrected chi connectivity index (χ4v) is 3.21. The lowest BCUT2D eigenvalue weighted by molar-refractivity contribution is -0.107. The van der Waals surface area contributed by atoms with Crippen LogP contribution in [0.4, 0.5) is 0 Å². The fraction of sp³-hybridized carbons (Fsp3) is 0.417. The topological polar surface area (TPSA) is 17.1 Å². The van der Waals surface area contributed by atoms with E-state index in [1.807, 2.05) is 11.8 Å². The van der Waals surface area contributed by atoms with Gasteiger partial charge in [0.15, 0.2) is 0 Å². The second-order valence-corrected chi connectivity index (χ2v) is 4.99. The molecule has 2 heteroatoms. The molecule has 0 N–H and O–H groups in total. The molecular weight excluding hydrogens is 192 g/mol. The number of aldehydes is 1. The van der Waals surface area contributed by atoms with Crippen molar-refractivity contribution in [3.8, 4) is 0 Å². The molecule has 0 radical (unpaired) electrons. The van der Waals surface area contributed by atoms with Crippen LogP contribution in [0.5, 0.6) is 0 Å². The van der Waals surface area contributed by atoms with Crippen molar-refractivity contribution in [1.82, 2.24) is 0 Å². The molecule has 1 aliphatic heterocycles. The summed E-state index contributed by atoms with van der Waals surface area (Å²) in [5.74, 6) is 0. The first kappa shape index (κ1) is 9.78. The number of benzene rings is 1. The van der Waals surface area contributed by atoms with Gasteiger partial charge in [0.2, 0.25) is 0 Å². The van der Waals surface area contributed by atoms with Crippen LogP contribution in [0, 0.1) is 0 Å². The third kappa shape index (κ3) is 2.18. The van der Waals surface area contributed by atoms with Crippen molar-refractivity contribution in [2.45, 2.75) is 35.8 Å². The predicted molar refractivity (Wildman–Crippen MR) is 59.7 cm³/mol. The highest BCUT2D eigenvalue weighted by Gasteiger charge is 2.20. The Balaban J connectivity index is 1.88. The van der Waals surface area contributed by atoms with Crippen LogP contribution in [-0.2, 0) is 11.2 Å². The zero-order valence-electron chi connectivity index (χ0n) is 8.11. The second kappa shape index (κ2) is 4.65. The minimum Gasteiger partial charge on any atom is -0.303 e. The molecule has 0 amide bonds. The summed E-state index contributed by atoms with van der Waals surface area (Å²) in [5, 5.41) is 0.701. The van der Waals surface area contributed by atoms with Gasteiger partial charge in [-0.25, -0.2) is 0 Å². The molecule has 1 nitrogen and oxygen atoms in total. The summed E-state index contributed by atoms with van der Waals surface area (Å²) in [6, 6.07) is 8.61. The van der Waals surface area contributed by atoms with Crippen molar-refractivity contribution in [3.63, 3.8) is 0 Å². The number of carbonyl (C=O) groups is 1. The highest BCUT2D eigenvalue weighted by molar-refractivity contribution is 8.00. The number of hydrogen-bond acceptors (Lipinski definition) is 2. The van der Waals surface area contributed by atoms with Crippen LogP contribution < -0.4 is 0 Å². The van der Waals surface area contributed by atoms with E-state index in [1.165, 1.54) is 16.9 Å². The van der Waals surface area contributed by atoms with Crippen LogP contribution in [0.15, 0.2) is 29.2 Å². The monoisotopic (exact) mass is 206 g/mol. The zero-order chi connectivity index (χ0) is 9.80. The summed E-state index contributed by atoms with van der Waals surface area (Å²) in [6.45, 7) is 0. The van der Waals surface area contributed by atoms with E-state index >= 15 is 0 Å². The second-order valence-electron chi connectivity index (χ2n) is 3.65. The Morgan fingerprint density at radius 2 is 2.29 bits per heavy atom. The van der Waals surface area contributed by atoms with E-state index in [0.29, 0.717) is 11.7 Å². The molecular formula is C12H14OS. The number of thioether (sulfide) groups is 1. The minimum absolute atomic E-state index is 0.701. The maximum atomic E-state index is 10.2. The molecule has 0 saturated carbocycles. The van der Waals surface area contributed by atoms with Gasteiger partial charge < -0.3 is 4.79 Å². The van der Waals surface area contributed by atoms with Gasteiger partial charge in [0, 0.05) is 16.6 Å². The molecule has 2 rings (SSSR count). The van der Waals surface area contributed by atoms with Crippen molar-refractivity contribution in [2.75, 3.05) is 0 Å². The number of fused-ring (bicyclic) bond motifs is 1. The predicted octanol–water partition coefficient (Wildman–Crippen LogP) is 3.07. The molecule has 0 spiro atoms. The van der Waals surface area contributed by atoms with Gasteiger partial charge in [0.05, 0.1) is 0 Å². The van der Waals surface area contributed by atoms with Crippen LogP contribution >= 0.6 is 11.8 Å². The van der Waals surface area contributed by atoms with Crippen LogP contribution in [0.3, 0.4) is 0 Å². The van der Waals surface area contributed by atoms with Crippen LogP contribution in [0.1, 0.15) is 24.8 Å². The third-order valence-corrected chi connectivity index (χ3v) is 3.95. The van der Waals surface area contributed by atoms with E-state index in [-0.39, 0.29) is 0 Å². The van der Waals surface area contributed by atoms with Gasteiger partial charge in [0.1, 0.15) is 6.29 Å². The first-order valence-corrected chi connectivity index (χ1v) is 5.96.